The number of carbonyl (C=O) groups is 1. The van der Waals surface area contributed by atoms with Crippen LogP contribution in [0.2, 0.25) is 0 Å². The van der Waals surface area contributed by atoms with Crippen molar-refractivity contribution in [1.29, 1.82) is 0 Å². The average molecular weight is 239 g/mol. The summed E-state index contributed by atoms with van der Waals surface area (Å²) in [6.45, 7) is 1.40. The van der Waals surface area contributed by atoms with E-state index in [4.69, 9.17) is 4.55 Å². The van der Waals surface area contributed by atoms with E-state index in [0.29, 0.717) is 10.6 Å². The molecule has 72 valence electrons. The monoisotopic (exact) mass is 239 g/mol. The Kier molecular flexibility index (Phi) is 7.05. The molecule has 0 saturated carbocycles. The molecule has 0 radical (unpaired) electrons. The zero-order valence-corrected chi connectivity index (χ0v) is 7.80. The molecule has 2 N–H and O–H groups in total. The second-order valence-electron chi connectivity index (χ2n) is 2.45. The van der Waals surface area contributed by atoms with E-state index in [-0.39, 0.29) is 57.3 Å². The predicted molar refractivity (Wildman–Crippen MR) is 56.9 cm³/mol. The van der Waals surface area contributed by atoms with Crippen molar-refractivity contribution < 1.29 is 13.6 Å². The van der Waals surface area contributed by atoms with Crippen LogP contribution in [-0.4, -0.2) is 66.1 Å². The molecule has 1 aromatic carbocycles. The Morgan fingerprint density at radius 2 is 1.86 bits per heavy atom. The first-order valence-corrected chi connectivity index (χ1v) is 4.69. The molecule has 0 spiro atoms. The molecule has 1 unspecified atom stereocenters. The summed E-state index contributed by atoms with van der Waals surface area (Å²) >= 11 is -1.96. The van der Waals surface area contributed by atoms with E-state index < -0.39 is 11.1 Å². The minimum absolute atomic E-state index is 0. The zero-order valence-electron chi connectivity index (χ0n) is 6.98. The second kappa shape index (κ2) is 6.84. The second-order valence-corrected chi connectivity index (χ2v) is 3.42. The van der Waals surface area contributed by atoms with Gasteiger partial charge in [-0.25, -0.2) is 4.21 Å². The summed E-state index contributed by atoms with van der Waals surface area (Å²) in [5.41, 5.74) is 0.613. The van der Waals surface area contributed by atoms with Crippen LogP contribution in [0.4, 0.5) is 5.69 Å². The van der Waals surface area contributed by atoms with Gasteiger partial charge in [0, 0.05) is 12.6 Å². The van der Waals surface area contributed by atoms with E-state index in [9.17, 15) is 9.00 Å². The fourth-order valence-corrected chi connectivity index (χ4v) is 1.23. The van der Waals surface area contributed by atoms with E-state index in [1.165, 1.54) is 19.1 Å². The maximum atomic E-state index is 10.6. The number of amides is 1. The van der Waals surface area contributed by atoms with Crippen LogP contribution >= 0.6 is 0 Å². The van der Waals surface area contributed by atoms with Gasteiger partial charge in [-0.1, -0.05) is 0 Å². The molecule has 0 bridgehead atoms. The van der Waals surface area contributed by atoms with Crippen LogP contribution in [0.15, 0.2) is 29.2 Å². The van der Waals surface area contributed by atoms with Gasteiger partial charge in [0.25, 0.3) is 0 Å². The number of benzene rings is 1. The van der Waals surface area contributed by atoms with Crippen LogP contribution in [0.5, 0.6) is 0 Å². The topological polar surface area (TPSA) is 66.4 Å². The summed E-state index contributed by atoms with van der Waals surface area (Å²) in [4.78, 5) is 10.9. The van der Waals surface area contributed by atoms with Crippen LogP contribution in [0.3, 0.4) is 0 Å². The first kappa shape index (κ1) is 14.4. The Balaban J connectivity index is 0.00000169. The molecular formula is C8H10KNO3S. The number of hydrogen-bond acceptors (Lipinski definition) is 2. The third-order valence-corrected chi connectivity index (χ3v) is 2.05. The molecule has 1 aromatic rings. The van der Waals surface area contributed by atoms with Crippen LogP contribution in [0.25, 0.3) is 0 Å². The van der Waals surface area contributed by atoms with Gasteiger partial charge in [-0.15, -0.1) is 0 Å². The Morgan fingerprint density at radius 1 is 1.36 bits per heavy atom. The zero-order chi connectivity index (χ0) is 9.84. The summed E-state index contributed by atoms with van der Waals surface area (Å²) in [5, 5.41) is 2.55. The number of anilines is 1. The molecule has 0 heterocycles. The third-order valence-electron chi connectivity index (χ3n) is 1.38. The summed E-state index contributed by atoms with van der Waals surface area (Å²) in [5.74, 6) is -0.169. The van der Waals surface area contributed by atoms with Crippen molar-refractivity contribution in [1.82, 2.24) is 0 Å². The SMILES string of the molecule is CC(=O)Nc1ccc(S(=O)O)cc1.[KH]. The van der Waals surface area contributed by atoms with Crippen molar-refractivity contribution in [2.75, 3.05) is 5.32 Å². The van der Waals surface area contributed by atoms with Gasteiger partial charge in [0.2, 0.25) is 5.91 Å². The minimum atomic E-state index is -1.96. The van der Waals surface area contributed by atoms with Crippen molar-refractivity contribution in [3.8, 4) is 0 Å². The first-order chi connectivity index (χ1) is 6.09. The van der Waals surface area contributed by atoms with Gasteiger partial charge in [0.15, 0.2) is 11.1 Å². The summed E-state index contributed by atoms with van der Waals surface area (Å²) in [6, 6.07) is 6.12. The Labute approximate surface area is 127 Å². The normalized spacial score (nSPS) is 11.3. The molecule has 1 amide bonds. The molecule has 4 nitrogen and oxygen atoms in total. The molecule has 1 rings (SSSR count). The van der Waals surface area contributed by atoms with Gasteiger partial charge >= 0.3 is 51.4 Å². The van der Waals surface area contributed by atoms with Crippen molar-refractivity contribution >= 4 is 74.1 Å². The third kappa shape index (κ3) is 4.79. The van der Waals surface area contributed by atoms with Gasteiger partial charge in [-0.2, -0.15) is 0 Å². The van der Waals surface area contributed by atoms with Crippen LogP contribution in [0.1, 0.15) is 6.92 Å². The Bertz CT molecular complexity index is 339. The van der Waals surface area contributed by atoms with Crippen molar-refractivity contribution in [3.63, 3.8) is 0 Å². The number of carbonyl (C=O) groups excluding carboxylic acids is 1. The van der Waals surface area contributed by atoms with Crippen molar-refractivity contribution in [3.05, 3.63) is 24.3 Å². The van der Waals surface area contributed by atoms with Crippen molar-refractivity contribution in [2.24, 2.45) is 0 Å². The summed E-state index contributed by atoms with van der Waals surface area (Å²) in [6.07, 6.45) is 0. The van der Waals surface area contributed by atoms with E-state index in [2.05, 4.69) is 5.32 Å². The molecular weight excluding hydrogens is 229 g/mol. The number of rotatable bonds is 2. The molecule has 0 saturated heterocycles. The standard InChI is InChI=1S/C8H9NO3S.K.H/c1-6(10)9-7-2-4-8(5-3-7)13(11)12;;/h2-5H,1H3,(H,9,10)(H,11,12);;. The average Bonchev–Trinajstić information content (AvgIpc) is 2.04. The predicted octanol–water partition coefficient (Wildman–Crippen LogP) is 0.577. The molecule has 0 aliphatic heterocycles. The van der Waals surface area contributed by atoms with E-state index in [1.807, 2.05) is 0 Å². The van der Waals surface area contributed by atoms with Gasteiger partial charge in [0.05, 0.1) is 4.90 Å². The van der Waals surface area contributed by atoms with Gasteiger partial charge in [-0.3, -0.25) is 4.79 Å². The van der Waals surface area contributed by atoms with Gasteiger partial charge in [-0.05, 0) is 24.3 Å². The molecule has 1 atom stereocenters. The molecule has 0 fully saturated rings. The molecule has 0 aliphatic carbocycles. The summed E-state index contributed by atoms with van der Waals surface area (Å²) in [7, 11) is 0. The van der Waals surface area contributed by atoms with E-state index in [0.717, 1.165) is 0 Å². The quantitative estimate of drug-likeness (QED) is 0.586. The molecule has 14 heavy (non-hydrogen) atoms. The van der Waals surface area contributed by atoms with Crippen LogP contribution in [0, 0.1) is 0 Å². The summed E-state index contributed by atoms with van der Waals surface area (Å²) < 4.78 is 19.2. The molecule has 0 aromatic heterocycles. The fourth-order valence-electron chi connectivity index (χ4n) is 0.858. The van der Waals surface area contributed by atoms with Gasteiger partial charge in [0.1, 0.15) is 0 Å². The fraction of sp³-hybridized carbons (Fsp3) is 0.125. The van der Waals surface area contributed by atoms with E-state index in [1.54, 1.807) is 12.1 Å². The van der Waals surface area contributed by atoms with Gasteiger partial charge < -0.3 is 9.87 Å². The van der Waals surface area contributed by atoms with Crippen molar-refractivity contribution in [2.45, 2.75) is 11.8 Å². The Morgan fingerprint density at radius 3 is 2.21 bits per heavy atom. The maximum absolute atomic E-state index is 10.6. The number of nitrogens with one attached hydrogen (secondary N) is 1. The van der Waals surface area contributed by atoms with Crippen LogP contribution < -0.4 is 5.32 Å². The number of hydrogen-bond donors (Lipinski definition) is 2. The van der Waals surface area contributed by atoms with E-state index >= 15 is 0 Å². The first-order valence-electron chi connectivity index (χ1n) is 3.58. The van der Waals surface area contributed by atoms with Crippen LogP contribution in [-0.2, 0) is 15.9 Å². The Hall–Kier alpha value is 0.436. The molecule has 6 heteroatoms. The molecule has 0 aliphatic rings.